The Hall–Kier alpha value is -1.89. The number of carboxylic acid groups (broad SMARTS) is 3. The number of carbonyl (C=O) groups excluding carboxylic acids is 1. The van der Waals surface area contributed by atoms with E-state index in [4.69, 9.17) is 0 Å². The van der Waals surface area contributed by atoms with Gasteiger partial charge in [0.25, 0.3) is 0 Å². The Balaban J connectivity index is 5.44. The quantitative estimate of drug-likeness (QED) is 0.133. The van der Waals surface area contributed by atoms with E-state index in [1.165, 1.54) is 12.8 Å². The van der Waals surface area contributed by atoms with Crippen LogP contribution in [0.25, 0.3) is 0 Å². The number of allylic oxidation sites excluding steroid dienone is 2. The first kappa shape index (κ1) is 32.1. The fourth-order valence-corrected chi connectivity index (χ4v) is 4.73. The van der Waals surface area contributed by atoms with Crippen molar-refractivity contribution >= 4 is 17.9 Å². The molecule has 0 spiro atoms. The lowest BCUT2D eigenvalue weighted by molar-refractivity contribution is -0.935. The average molecular weight is 484 g/mol. The van der Waals surface area contributed by atoms with Gasteiger partial charge in [0.2, 0.25) is 0 Å². The fraction of sp³-hybridized carbons (Fsp3) is 0.815. The molecule has 0 aliphatic carbocycles. The Morgan fingerprint density at radius 2 is 1.15 bits per heavy atom. The molecule has 34 heavy (non-hydrogen) atoms. The summed E-state index contributed by atoms with van der Waals surface area (Å²) in [6.07, 6.45) is 14.2. The van der Waals surface area contributed by atoms with E-state index in [-0.39, 0.29) is 24.1 Å². The molecule has 2 N–H and O–H groups in total. The zero-order valence-corrected chi connectivity index (χ0v) is 22.0. The van der Waals surface area contributed by atoms with Gasteiger partial charge < -0.3 is 24.6 Å². The third-order valence-electron chi connectivity index (χ3n) is 6.99. The van der Waals surface area contributed by atoms with Crippen LogP contribution in [0, 0.1) is 17.8 Å². The molecule has 0 rings (SSSR count). The van der Waals surface area contributed by atoms with Crippen molar-refractivity contribution in [3.05, 3.63) is 12.2 Å². The minimum Gasteiger partial charge on any atom is -0.550 e. The molecule has 0 aliphatic heterocycles. The molecule has 198 valence electrons. The lowest BCUT2D eigenvalue weighted by Crippen LogP contribution is -2.59. The van der Waals surface area contributed by atoms with E-state index in [1.807, 2.05) is 13.8 Å². The van der Waals surface area contributed by atoms with E-state index in [1.54, 1.807) is 6.92 Å². The summed E-state index contributed by atoms with van der Waals surface area (Å²) in [5, 5.41) is 31.2. The van der Waals surface area contributed by atoms with Crippen LogP contribution in [0.5, 0.6) is 0 Å². The highest BCUT2D eigenvalue weighted by Gasteiger charge is 2.39. The molecule has 0 amide bonds. The van der Waals surface area contributed by atoms with Crippen molar-refractivity contribution in [3.8, 4) is 0 Å². The van der Waals surface area contributed by atoms with Gasteiger partial charge in [0.15, 0.2) is 0 Å². The monoisotopic (exact) mass is 483 g/mol. The Kier molecular flexibility index (Phi) is 17.4. The van der Waals surface area contributed by atoms with Crippen molar-refractivity contribution in [2.45, 2.75) is 98.3 Å². The molecule has 0 radical (unpaired) electrons. The molecule has 3 atom stereocenters. The number of quaternary nitrogens is 1. The minimum absolute atomic E-state index is 0.212. The van der Waals surface area contributed by atoms with Crippen molar-refractivity contribution in [1.29, 1.82) is 0 Å². The molecular weight excluding hydrogens is 434 g/mol. The number of rotatable bonds is 22. The minimum atomic E-state index is -1.14. The van der Waals surface area contributed by atoms with Gasteiger partial charge in [-0.05, 0) is 51.4 Å². The van der Waals surface area contributed by atoms with Gasteiger partial charge in [-0.2, -0.15) is 0 Å². The number of carbonyl (C=O) groups is 3. The first-order valence-electron chi connectivity index (χ1n) is 13.3. The van der Waals surface area contributed by atoms with Gasteiger partial charge in [-0.25, -0.2) is 0 Å². The van der Waals surface area contributed by atoms with Crippen LogP contribution in [-0.4, -0.2) is 58.8 Å². The van der Waals surface area contributed by atoms with Crippen molar-refractivity contribution in [3.63, 3.8) is 0 Å². The Morgan fingerprint density at radius 3 is 1.56 bits per heavy atom. The number of hydrogen-bond donors (Lipinski definition) is 2. The van der Waals surface area contributed by atoms with Crippen LogP contribution >= 0.6 is 0 Å². The fourth-order valence-electron chi connectivity index (χ4n) is 4.73. The van der Waals surface area contributed by atoms with E-state index in [9.17, 15) is 29.7 Å². The van der Waals surface area contributed by atoms with Gasteiger partial charge >= 0.3 is 11.9 Å². The average Bonchev–Trinajstić information content (AvgIpc) is 2.79. The maximum atomic E-state index is 11.9. The third kappa shape index (κ3) is 13.1. The van der Waals surface area contributed by atoms with E-state index in [0.717, 1.165) is 38.5 Å². The first-order valence-corrected chi connectivity index (χ1v) is 13.3. The van der Waals surface area contributed by atoms with Crippen LogP contribution in [0.2, 0.25) is 0 Å². The summed E-state index contributed by atoms with van der Waals surface area (Å²) in [5.41, 5.74) is 0. The second kappa shape index (κ2) is 18.4. The van der Waals surface area contributed by atoms with Gasteiger partial charge in [0.05, 0.1) is 32.1 Å². The van der Waals surface area contributed by atoms with Crippen LogP contribution in [0.4, 0.5) is 0 Å². The summed E-state index contributed by atoms with van der Waals surface area (Å²) in [4.78, 5) is 35.5. The van der Waals surface area contributed by atoms with E-state index < -0.39 is 35.7 Å². The van der Waals surface area contributed by atoms with Crippen molar-refractivity contribution in [1.82, 2.24) is 0 Å². The summed E-state index contributed by atoms with van der Waals surface area (Å²) < 4.78 is 0.212. The normalized spacial score (nSPS) is 16.1. The Morgan fingerprint density at radius 1 is 0.706 bits per heavy atom. The predicted octanol–water partition coefficient (Wildman–Crippen LogP) is 4.50. The highest BCUT2D eigenvalue weighted by atomic mass is 16.4. The van der Waals surface area contributed by atoms with E-state index >= 15 is 0 Å². The van der Waals surface area contributed by atoms with Crippen LogP contribution in [-0.2, 0) is 14.4 Å². The van der Waals surface area contributed by atoms with Crippen molar-refractivity contribution < 1.29 is 34.2 Å². The van der Waals surface area contributed by atoms with Gasteiger partial charge in [0, 0.05) is 5.92 Å². The summed E-state index contributed by atoms with van der Waals surface area (Å²) in [6.45, 7) is 8.86. The maximum Gasteiger partial charge on any atom is 0.312 e. The molecule has 0 fully saturated rings. The van der Waals surface area contributed by atoms with E-state index in [2.05, 4.69) is 19.1 Å². The summed E-state index contributed by atoms with van der Waals surface area (Å²) >= 11 is 0. The molecule has 0 aromatic rings. The zero-order valence-electron chi connectivity index (χ0n) is 22.0. The molecule has 0 aromatic heterocycles. The highest BCUT2D eigenvalue weighted by molar-refractivity contribution is 5.70. The molecule has 0 saturated carbocycles. The first-order chi connectivity index (χ1) is 16.2. The smallest absolute Gasteiger partial charge is 0.312 e. The highest BCUT2D eigenvalue weighted by Crippen LogP contribution is 2.25. The second-order valence-corrected chi connectivity index (χ2v) is 9.71. The topological polar surface area (TPSA) is 115 Å². The molecule has 7 heteroatoms. The Labute approximate surface area is 206 Å². The van der Waals surface area contributed by atoms with Gasteiger partial charge in [-0.3, -0.25) is 9.59 Å². The number of carboxylic acids is 3. The van der Waals surface area contributed by atoms with Crippen LogP contribution < -0.4 is 5.11 Å². The number of aliphatic carboxylic acids is 3. The number of nitrogens with zero attached hydrogens (tertiary/aromatic N) is 1. The number of hydrogen-bond acceptors (Lipinski definition) is 4. The zero-order chi connectivity index (χ0) is 26.0. The molecule has 0 aromatic carbocycles. The second-order valence-electron chi connectivity index (χ2n) is 9.71. The van der Waals surface area contributed by atoms with Crippen LogP contribution in [0.3, 0.4) is 0 Å². The maximum absolute atomic E-state index is 11.9. The predicted molar refractivity (Wildman–Crippen MR) is 133 cm³/mol. The molecule has 7 nitrogen and oxygen atoms in total. The molecule has 0 saturated heterocycles. The standard InChI is InChI=1S/C27H49NO6/c1-5-9-10-11-12-13-14-15-16-17-18-28(19-22(6-2)25(29)30,20-23(7-3)26(31)32)21-24(8-4)27(33)34/h9-10,22-24H,5-8,11-21H2,1-4H3,(H2-,29,30,31,32,33,34)/b10-9+. The lowest BCUT2D eigenvalue weighted by Gasteiger charge is -2.44. The van der Waals surface area contributed by atoms with E-state index in [0.29, 0.717) is 25.8 Å². The SMILES string of the molecule is CC/C=C/CCCCCCCC[N+](CC(CC)C(=O)[O-])(CC(CC)C(=O)O)CC(CC)C(=O)O. The summed E-state index contributed by atoms with van der Waals surface area (Å²) in [5.74, 6) is -4.97. The molecule has 0 heterocycles. The molecular formula is C27H49NO6. The summed E-state index contributed by atoms with van der Waals surface area (Å²) in [6, 6.07) is 0. The van der Waals surface area contributed by atoms with Crippen molar-refractivity contribution in [2.75, 3.05) is 26.2 Å². The largest absolute Gasteiger partial charge is 0.550 e. The van der Waals surface area contributed by atoms with Gasteiger partial charge in [-0.15, -0.1) is 0 Å². The van der Waals surface area contributed by atoms with Gasteiger partial charge in [-0.1, -0.05) is 59.1 Å². The van der Waals surface area contributed by atoms with Gasteiger partial charge in [0.1, 0.15) is 11.8 Å². The lowest BCUT2D eigenvalue weighted by atomic mass is 9.95. The van der Waals surface area contributed by atoms with Crippen LogP contribution in [0.1, 0.15) is 98.3 Å². The summed E-state index contributed by atoms with van der Waals surface area (Å²) in [7, 11) is 0. The molecule has 3 unspecified atom stereocenters. The molecule has 0 bridgehead atoms. The van der Waals surface area contributed by atoms with Crippen molar-refractivity contribution in [2.24, 2.45) is 17.8 Å². The number of unbranched alkanes of at least 4 members (excludes halogenated alkanes) is 6. The Bertz CT molecular complexity index is 558. The van der Waals surface area contributed by atoms with Crippen LogP contribution in [0.15, 0.2) is 12.2 Å². The molecule has 0 aliphatic rings. The third-order valence-corrected chi connectivity index (χ3v) is 6.99.